The highest BCUT2D eigenvalue weighted by Crippen LogP contribution is 2.30. The fourth-order valence-corrected chi connectivity index (χ4v) is 1.57. The van der Waals surface area contributed by atoms with E-state index in [4.69, 9.17) is 15.2 Å². The number of rotatable bonds is 4. The van der Waals surface area contributed by atoms with Gasteiger partial charge in [-0.05, 0) is 23.8 Å². The molecule has 0 fully saturated rings. The fourth-order valence-electron chi connectivity index (χ4n) is 1.57. The van der Waals surface area contributed by atoms with Crippen molar-refractivity contribution in [2.24, 2.45) is 5.73 Å². The molecule has 0 spiro atoms. The topological polar surface area (TPSA) is 90.7 Å². The predicted octanol–water partition coefficient (Wildman–Crippen LogP) is 0.0725. The molecule has 0 aliphatic carbocycles. The summed E-state index contributed by atoms with van der Waals surface area (Å²) in [5, 5.41) is 2.36. The van der Waals surface area contributed by atoms with Crippen LogP contribution in [-0.4, -0.2) is 31.6 Å². The van der Waals surface area contributed by atoms with Crippen LogP contribution in [0.3, 0.4) is 0 Å². The van der Waals surface area contributed by atoms with Crippen LogP contribution >= 0.6 is 0 Å². The summed E-state index contributed by atoms with van der Waals surface area (Å²) in [6, 6.07) is 5.38. The molecule has 6 nitrogen and oxygen atoms in total. The number of benzene rings is 1. The summed E-state index contributed by atoms with van der Waals surface area (Å²) < 4.78 is 10.8. The zero-order valence-corrected chi connectivity index (χ0v) is 10.2. The molecule has 2 rings (SSSR count). The maximum Gasteiger partial charge on any atom is 0.244 e. The van der Waals surface area contributed by atoms with Gasteiger partial charge in [0.15, 0.2) is 11.5 Å². The van der Waals surface area contributed by atoms with Gasteiger partial charge in [0.1, 0.15) is 13.2 Å². The van der Waals surface area contributed by atoms with Crippen LogP contribution in [0.25, 0.3) is 6.08 Å². The van der Waals surface area contributed by atoms with Crippen LogP contribution in [0.15, 0.2) is 24.3 Å². The number of hydrogen-bond acceptors (Lipinski definition) is 4. The Labute approximate surface area is 110 Å². The first kappa shape index (κ1) is 12.9. The number of amides is 2. The van der Waals surface area contributed by atoms with Crippen LogP contribution < -0.4 is 20.5 Å². The zero-order valence-electron chi connectivity index (χ0n) is 10.2. The summed E-state index contributed by atoms with van der Waals surface area (Å²) in [5.41, 5.74) is 5.72. The van der Waals surface area contributed by atoms with Crippen molar-refractivity contribution in [1.29, 1.82) is 0 Å². The zero-order chi connectivity index (χ0) is 13.7. The average molecular weight is 262 g/mol. The van der Waals surface area contributed by atoms with Gasteiger partial charge < -0.3 is 20.5 Å². The van der Waals surface area contributed by atoms with Crippen LogP contribution in [-0.2, 0) is 9.59 Å². The minimum atomic E-state index is -0.582. The quantitative estimate of drug-likeness (QED) is 0.751. The van der Waals surface area contributed by atoms with Gasteiger partial charge >= 0.3 is 0 Å². The number of carbonyl (C=O) groups excluding carboxylic acids is 2. The van der Waals surface area contributed by atoms with Crippen molar-refractivity contribution in [3.05, 3.63) is 29.8 Å². The Bertz CT molecular complexity index is 525. The Hall–Kier alpha value is -2.50. The van der Waals surface area contributed by atoms with E-state index < -0.39 is 5.91 Å². The third-order valence-electron chi connectivity index (χ3n) is 2.43. The highest BCUT2D eigenvalue weighted by molar-refractivity contribution is 5.94. The monoisotopic (exact) mass is 262 g/mol. The van der Waals surface area contributed by atoms with E-state index in [2.05, 4.69) is 5.32 Å². The van der Waals surface area contributed by atoms with Gasteiger partial charge in [-0.3, -0.25) is 9.59 Å². The first-order valence-electron chi connectivity index (χ1n) is 5.79. The summed E-state index contributed by atoms with van der Waals surface area (Å²) in [6.45, 7) is 0.876. The van der Waals surface area contributed by atoms with E-state index in [1.807, 2.05) is 6.07 Å². The summed E-state index contributed by atoms with van der Waals surface area (Å²) >= 11 is 0. The van der Waals surface area contributed by atoms with Gasteiger partial charge in [0, 0.05) is 6.08 Å². The van der Waals surface area contributed by atoms with E-state index in [-0.39, 0.29) is 12.5 Å². The minimum absolute atomic E-state index is 0.176. The van der Waals surface area contributed by atoms with Gasteiger partial charge in [0.2, 0.25) is 11.8 Å². The molecule has 2 amide bonds. The maximum absolute atomic E-state index is 11.3. The molecule has 0 unspecified atom stereocenters. The molecule has 3 N–H and O–H groups in total. The molecule has 0 saturated heterocycles. The molecule has 1 aliphatic heterocycles. The number of nitrogens with one attached hydrogen (secondary N) is 1. The molecule has 1 aliphatic rings. The Kier molecular flexibility index (Phi) is 4.02. The van der Waals surface area contributed by atoms with E-state index in [1.54, 1.807) is 18.2 Å². The van der Waals surface area contributed by atoms with Crippen LogP contribution in [0.1, 0.15) is 5.56 Å². The van der Waals surface area contributed by atoms with Crippen molar-refractivity contribution in [2.75, 3.05) is 19.8 Å². The lowest BCUT2D eigenvalue weighted by atomic mass is 10.2. The van der Waals surface area contributed by atoms with Gasteiger partial charge in [-0.1, -0.05) is 6.07 Å². The van der Waals surface area contributed by atoms with Crippen molar-refractivity contribution in [2.45, 2.75) is 0 Å². The van der Waals surface area contributed by atoms with Gasteiger partial charge in [0.25, 0.3) is 0 Å². The number of nitrogens with two attached hydrogens (primary N) is 1. The Morgan fingerprint density at radius 1 is 1.26 bits per heavy atom. The van der Waals surface area contributed by atoms with E-state index >= 15 is 0 Å². The van der Waals surface area contributed by atoms with Gasteiger partial charge in [-0.25, -0.2) is 0 Å². The van der Waals surface area contributed by atoms with Crippen LogP contribution in [0.4, 0.5) is 0 Å². The second-order valence-electron chi connectivity index (χ2n) is 3.92. The molecule has 1 aromatic rings. The maximum atomic E-state index is 11.3. The molecular formula is C13H14N2O4. The minimum Gasteiger partial charge on any atom is -0.486 e. The lowest BCUT2D eigenvalue weighted by molar-refractivity contribution is -0.122. The van der Waals surface area contributed by atoms with Crippen molar-refractivity contribution >= 4 is 17.9 Å². The molecule has 0 saturated carbocycles. The Balaban J connectivity index is 1.98. The number of hydrogen-bond donors (Lipinski definition) is 2. The van der Waals surface area contributed by atoms with Crippen LogP contribution in [0.5, 0.6) is 11.5 Å². The molecule has 100 valence electrons. The number of primary amides is 1. The SMILES string of the molecule is NC(=O)CNC(=O)/C=C/c1ccc2c(c1)OCCO2. The molecular weight excluding hydrogens is 248 g/mol. The normalized spacial score (nSPS) is 13.3. The lowest BCUT2D eigenvalue weighted by Crippen LogP contribution is -2.32. The summed E-state index contributed by atoms with van der Waals surface area (Å²) in [6.07, 6.45) is 2.95. The van der Waals surface area contributed by atoms with E-state index in [9.17, 15) is 9.59 Å². The molecule has 1 heterocycles. The van der Waals surface area contributed by atoms with Gasteiger partial charge in [-0.2, -0.15) is 0 Å². The molecule has 0 radical (unpaired) electrons. The second-order valence-corrected chi connectivity index (χ2v) is 3.92. The molecule has 1 aromatic carbocycles. The van der Waals surface area contributed by atoms with Crippen molar-refractivity contribution in [3.63, 3.8) is 0 Å². The molecule has 6 heteroatoms. The van der Waals surface area contributed by atoms with Crippen molar-refractivity contribution in [1.82, 2.24) is 5.32 Å². The Morgan fingerprint density at radius 3 is 2.74 bits per heavy atom. The largest absolute Gasteiger partial charge is 0.486 e. The fraction of sp³-hybridized carbons (Fsp3) is 0.231. The van der Waals surface area contributed by atoms with Crippen LogP contribution in [0.2, 0.25) is 0 Å². The molecule has 0 atom stereocenters. The standard InChI is InChI=1S/C13H14N2O4/c14-12(16)8-15-13(17)4-2-9-1-3-10-11(7-9)19-6-5-18-10/h1-4,7H,5-6,8H2,(H2,14,16)(H,15,17)/b4-2+. The second kappa shape index (κ2) is 5.90. The average Bonchev–Trinajstić information content (AvgIpc) is 2.42. The van der Waals surface area contributed by atoms with Gasteiger partial charge in [-0.15, -0.1) is 0 Å². The van der Waals surface area contributed by atoms with Crippen LogP contribution in [0, 0.1) is 0 Å². The number of carbonyl (C=O) groups is 2. The highest BCUT2D eigenvalue weighted by Gasteiger charge is 2.10. The predicted molar refractivity (Wildman–Crippen MR) is 68.7 cm³/mol. The molecule has 0 bridgehead atoms. The first-order chi connectivity index (χ1) is 9.15. The number of ether oxygens (including phenoxy) is 2. The van der Waals surface area contributed by atoms with Gasteiger partial charge in [0.05, 0.1) is 6.54 Å². The first-order valence-corrected chi connectivity index (χ1v) is 5.79. The smallest absolute Gasteiger partial charge is 0.244 e. The lowest BCUT2D eigenvalue weighted by Gasteiger charge is -2.18. The molecule has 0 aromatic heterocycles. The summed E-state index contributed by atoms with van der Waals surface area (Å²) in [7, 11) is 0. The van der Waals surface area contributed by atoms with E-state index in [0.29, 0.717) is 24.7 Å². The van der Waals surface area contributed by atoms with E-state index in [1.165, 1.54) is 6.08 Å². The van der Waals surface area contributed by atoms with Crippen molar-refractivity contribution < 1.29 is 19.1 Å². The molecule has 19 heavy (non-hydrogen) atoms. The highest BCUT2D eigenvalue weighted by atomic mass is 16.6. The Morgan fingerprint density at radius 2 is 2.00 bits per heavy atom. The number of fused-ring (bicyclic) bond motifs is 1. The van der Waals surface area contributed by atoms with E-state index in [0.717, 1.165) is 5.56 Å². The third-order valence-corrected chi connectivity index (χ3v) is 2.43. The summed E-state index contributed by atoms with van der Waals surface area (Å²) in [5.74, 6) is 0.391. The summed E-state index contributed by atoms with van der Waals surface area (Å²) in [4.78, 5) is 21.8. The van der Waals surface area contributed by atoms with Crippen molar-refractivity contribution in [3.8, 4) is 11.5 Å². The third kappa shape index (κ3) is 3.74.